The summed E-state index contributed by atoms with van der Waals surface area (Å²) in [6.07, 6.45) is 1.45. The minimum Gasteiger partial charge on any atom is -0.497 e. The molecule has 1 aliphatic rings. The number of hydrogen-bond acceptors (Lipinski definition) is 2. The second-order valence-electron chi connectivity index (χ2n) is 4.34. The summed E-state index contributed by atoms with van der Waals surface area (Å²) in [6.45, 7) is 1.94. The zero-order chi connectivity index (χ0) is 11.8. The zero-order valence-corrected chi connectivity index (χ0v) is 9.56. The average molecular weight is 220 g/mol. The van der Waals surface area contributed by atoms with Gasteiger partial charge in [0.05, 0.1) is 12.5 Å². The van der Waals surface area contributed by atoms with Crippen LogP contribution in [0.1, 0.15) is 31.2 Å². The van der Waals surface area contributed by atoms with Gasteiger partial charge in [-0.3, -0.25) is 4.79 Å². The van der Waals surface area contributed by atoms with E-state index in [1.54, 1.807) is 7.11 Å². The molecule has 2 unspecified atom stereocenters. The normalized spacial score (nSPS) is 27.5. The average Bonchev–Trinajstić information content (AvgIpc) is 3.05. The standard InChI is InChI=1S/C13H16O3/c1-3-13(12(14)15)8-11(13)9-4-6-10(16-2)7-5-9/h4-7,11H,3,8H2,1-2H3,(H,14,15). The van der Waals surface area contributed by atoms with Gasteiger partial charge in [0.15, 0.2) is 0 Å². The number of ether oxygens (including phenoxy) is 1. The number of benzene rings is 1. The molecule has 1 fully saturated rings. The van der Waals surface area contributed by atoms with Crippen molar-refractivity contribution in [2.75, 3.05) is 7.11 Å². The van der Waals surface area contributed by atoms with E-state index in [4.69, 9.17) is 4.74 Å². The van der Waals surface area contributed by atoms with E-state index in [9.17, 15) is 9.90 Å². The van der Waals surface area contributed by atoms with Crippen LogP contribution in [0.2, 0.25) is 0 Å². The molecule has 3 nitrogen and oxygen atoms in total. The highest BCUT2D eigenvalue weighted by atomic mass is 16.5. The molecule has 0 saturated heterocycles. The SMILES string of the molecule is CCC1(C(=O)O)CC1c1ccc(OC)cc1. The molecule has 3 heteroatoms. The summed E-state index contributed by atoms with van der Waals surface area (Å²) in [7, 11) is 1.62. The van der Waals surface area contributed by atoms with E-state index in [2.05, 4.69) is 0 Å². The molecule has 0 aromatic heterocycles. The number of carboxylic acid groups (broad SMARTS) is 1. The lowest BCUT2D eigenvalue weighted by Gasteiger charge is -2.09. The molecule has 0 bridgehead atoms. The van der Waals surface area contributed by atoms with Crippen LogP contribution in [0.25, 0.3) is 0 Å². The van der Waals surface area contributed by atoms with Crippen molar-refractivity contribution >= 4 is 5.97 Å². The number of carbonyl (C=O) groups is 1. The fourth-order valence-electron chi connectivity index (χ4n) is 2.36. The largest absolute Gasteiger partial charge is 0.497 e. The van der Waals surface area contributed by atoms with Gasteiger partial charge in [0.25, 0.3) is 0 Å². The van der Waals surface area contributed by atoms with Crippen LogP contribution in [0.5, 0.6) is 5.75 Å². The second-order valence-corrected chi connectivity index (χ2v) is 4.34. The third-order valence-corrected chi connectivity index (χ3v) is 3.65. The Balaban J connectivity index is 2.18. The molecule has 1 N–H and O–H groups in total. The molecular weight excluding hydrogens is 204 g/mol. The second kappa shape index (κ2) is 3.81. The van der Waals surface area contributed by atoms with E-state index >= 15 is 0 Å². The van der Waals surface area contributed by atoms with Gasteiger partial charge in [0, 0.05) is 5.92 Å². The molecule has 0 aliphatic heterocycles. The summed E-state index contributed by atoms with van der Waals surface area (Å²) in [6, 6.07) is 7.69. The molecule has 0 radical (unpaired) electrons. The van der Waals surface area contributed by atoms with Crippen LogP contribution in [-0.4, -0.2) is 18.2 Å². The summed E-state index contributed by atoms with van der Waals surface area (Å²) in [5.41, 5.74) is 0.583. The molecule has 1 aliphatic carbocycles. The first-order valence-electron chi connectivity index (χ1n) is 5.51. The Hall–Kier alpha value is -1.51. The van der Waals surface area contributed by atoms with Crippen molar-refractivity contribution in [3.05, 3.63) is 29.8 Å². The molecule has 2 atom stereocenters. The maximum atomic E-state index is 11.2. The highest BCUT2D eigenvalue weighted by molar-refractivity contribution is 5.80. The van der Waals surface area contributed by atoms with Gasteiger partial charge in [-0.15, -0.1) is 0 Å². The molecule has 1 aromatic carbocycles. The van der Waals surface area contributed by atoms with E-state index < -0.39 is 11.4 Å². The summed E-state index contributed by atoms with van der Waals surface area (Å²) >= 11 is 0. The van der Waals surface area contributed by atoms with Crippen molar-refractivity contribution in [3.8, 4) is 5.75 Å². The Morgan fingerprint density at radius 1 is 1.50 bits per heavy atom. The van der Waals surface area contributed by atoms with Crippen molar-refractivity contribution in [1.82, 2.24) is 0 Å². The summed E-state index contributed by atoms with van der Waals surface area (Å²) in [5, 5.41) is 9.21. The van der Waals surface area contributed by atoms with Crippen molar-refractivity contribution in [2.45, 2.75) is 25.7 Å². The maximum Gasteiger partial charge on any atom is 0.310 e. The maximum absolute atomic E-state index is 11.2. The lowest BCUT2D eigenvalue weighted by molar-refractivity contribution is -0.143. The minimum absolute atomic E-state index is 0.168. The Labute approximate surface area is 95.0 Å². The van der Waals surface area contributed by atoms with Crippen LogP contribution >= 0.6 is 0 Å². The van der Waals surface area contributed by atoms with Gasteiger partial charge in [0.1, 0.15) is 5.75 Å². The van der Waals surface area contributed by atoms with E-state index in [0.29, 0.717) is 6.42 Å². The predicted molar refractivity (Wildman–Crippen MR) is 60.7 cm³/mol. The number of carboxylic acids is 1. The molecule has 0 amide bonds. The van der Waals surface area contributed by atoms with Crippen molar-refractivity contribution < 1.29 is 14.6 Å². The lowest BCUT2D eigenvalue weighted by atomic mass is 9.96. The minimum atomic E-state index is -0.671. The molecule has 86 valence electrons. The highest BCUT2D eigenvalue weighted by Gasteiger charge is 2.59. The summed E-state index contributed by atoms with van der Waals surface area (Å²) in [4.78, 5) is 11.2. The Morgan fingerprint density at radius 3 is 2.50 bits per heavy atom. The fraction of sp³-hybridized carbons (Fsp3) is 0.462. The molecule has 0 heterocycles. The monoisotopic (exact) mass is 220 g/mol. The van der Waals surface area contributed by atoms with E-state index in [0.717, 1.165) is 17.7 Å². The smallest absolute Gasteiger partial charge is 0.310 e. The van der Waals surface area contributed by atoms with Crippen LogP contribution in [0.4, 0.5) is 0 Å². The highest BCUT2D eigenvalue weighted by Crippen LogP contribution is 2.61. The first-order valence-corrected chi connectivity index (χ1v) is 5.51. The number of rotatable bonds is 4. The number of aliphatic carboxylic acids is 1. The van der Waals surface area contributed by atoms with Gasteiger partial charge in [-0.05, 0) is 30.5 Å². The number of hydrogen-bond donors (Lipinski definition) is 1. The van der Waals surface area contributed by atoms with Gasteiger partial charge in [-0.1, -0.05) is 19.1 Å². The Kier molecular flexibility index (Phi) is 2.62. The topological polar surface area (TPSA) is 46.5 Å². The molecular formula is C13H16O3. The lowest BCUT2D eigenvalue weighted by Crippen LogP contribution is -2.15. The molecule has 1 aromatic rings. The van der Waals surface area contributed by atoms with Crippen LogP contribution in [-0.2, 0) is 4.79 Å². The third-order valence-electron chi connectivity index (χ3n) is 3.65. The van der Waals surface area contributed by atoms with Crippen LogP contribution in [0.15, 0.2) is 24.3 Å². The fourth-order valence-corrected chi connectivity index (χ4v) is 2.36. The molecule has 1 saturated carbocycles. The van der Waals surface area contributed by atoms with E-state index in [1.165, 1.54) is 0 Å². The first-order chi connectivity index (χ1) is 7.64. The zero-order valence-electron chi connectivity index (χ0n) is 9.56. The predicted octanol–water partition coefficient (Wildman–Crippen LogP) is 2.66. The summed E-state index contributed by atoms with van der Waals surface area (Å²) < 4.78 is 5.08. The van der Waals surface area contributed by atoms with Gasteiger partial charge in [0.2, 0.25) is 0 Å². The van der Waals surface area contributed by atoms with E-state index in [-0.39, 0.29) is 5.92 Å². The first kappa shape index (κ1) is 11.0. The van der Waals surface area contributed by atoms with Crippen molar-refractivity contribution in [1.29, 1.82) is 0 Å². The van der Waals surface area contributed by atoms with Crippen LogP contribution in [0.3, 0.4) is 0 Å². The molecule has 2 rings (SSSR count). The van der Waals surface area contributed by atoms with Crippen molar-refractivity contribution in [2.24, 2.45) is 5.41 Å². The van der Waals surface area contributed by atoms with Crippen LogP contribution < -0.4 is 4.74 Å². The molecule has 0 spiro atoms. The molecule has 16 heavy (non-hydrogen) atoms. The van der Waals surface area contributed by atoms with E-state index in [1.807, 2.05) is 31.2 Å². The van der Waals surface area contributed by atoms with Gasteiger partial charge in [-0.2, -0.15) is 0 Å². The van der Waals surface area contributed by atoms with Gasteiger partial charge >= 0.3 is 5.97 Å². The third kappa shape index (κ3) is 1.56. The Morgan fingerprint density at radius 2 is 2.12 bits per heavy atom. The van der Waals surface area contributed by atoms with Gasteiger partial charge in [-0.25, -0.2) is 0 Å². The number of methoxy groups -OCH3 is 1. The van der Waals surface area contributed by atoms with Crippen LogP contribution in [0, 0.1) is 5.41 Å². The van der Waals surface area contributed by atoms with Crippen molar-refractivity contribution in [3.63, 3.8) is 0 Å². The quantitative estimate of drug-likeness (QED) is 0.848. The Bertz CT molecular complexity index is 396. The summed E-state index contributed by atoms with van der Waals surface area (Å²) in [5.74, 6) is 0.304. The van der Waals surface area contributed by atoms with Gasteiger partial charge < -0.3 is 9.84 Å².